The van der Waals surface area contributed by atoms with E-state index in [-0.39, 0.29) is 12.4 Å². The lowest BCUT2D eigenvalue weighted by molar-refractivity contribution is -0.698. The van der Waals surface area contributed by atoms with E-state index >= 15 is 0 Å². The van der Waals surface area contributed by atoms with Crippen molar-refractivity contribution in [2.75, 3.05) is 0 Å². The Labute approximate surface area is 91.6 Å². The lowest BCUT2D eigenvalue weighted by Crippen LogP contribution is -3.00. The summed E-state index contributed by atoms with van der Waals surface area (Å²) in [5, 5.41) is 0.627. The predicted octanol–water partition coefficient (Wildman–Crippen LogP) is -0.507. The van der Waals surface area contributed by atoms with Gasteiger partial charge in [-0.1, -0.05) is 18.2 Å². The topological polar surface area (TPSA) is 3.88 Å². The van der Waals surface area contributed by atoms with E-state index in [2.05, 4.69) is 22.5 Å². The van der Waals surface area contributed by atoms with Gasteiger partial charge in [0.05, 0.1) is 5.03 Å². The number of hydrogen-bond donors (Lipinski definition) is 0. The maximum atomic E-state index is 5.65. The lowest BCUT2D eigenvalue weighted by atomic mass is 10.5. The summed E-state index contributed by atoms with van der Waals surface area (Å²) < 4.78 is 2.97. The maximum Gasteiger partial charge on any atom is 0.248 e. The smallest absolute Gasteiger partial charge is 0.248 e. The molecule has 1 heterocycles. The molecular formula is C8H8BrCl2N. The van der Waals surface area contributed by atoms with Gasteiger partial charge in [-0.15, -0.1) is 0 Å². The minimum Gasteiger partial charge on any atom is -1.00 e. The van der Waals surface area contributed by atoms with Crippen LogP contribution in [-0.2, 0) is 6.54 Å². The SMILES string of the molecule is C=C(Cl)C[n+]1ccccc1Br.[Cl-]. The zero-order valence-electron chi connectivity index (χ0n) is 6.30. The summed E-state index contributed by atoms with van der Waals surface area (Å²) in [7, 11) is 0. The summed E-state index contributed by atoms with van der Waals surface area (Å²) in [6.45, 7) is 4.26. The largest absolute Gasteiger partial charge is 1.00 e. The van der Waals surface area contributed by atoms with Gasteiger partial charge in [0.25, 0.3) is 0 Å². The van der Waals surface area contributed by atoms with Gasteiger partial charge in [0.2, 0.25) is 4.60 Å². The molecule has 12 heavy (non-hydrogen) atoms. The molecule has 0 aromatic carbocycles. The summed E-state index contributed by atoms with van der Waals surface area (Å²) in [6.07, 6.45) is 1.94. The Morgan fingerprint density at radius 3 is 2.75 bits per heavy atom. The van der Waals surface area contributed by atoms with Crippen molar-refractivity contribution in [2.24, 2.45) is 0 Å². The molecule has 0 unspecified atom stereocenters. The van der Waals surface area contributed by atoms with E-state index in [4.69, 9.17) is 11.6 Å². The first-order valence-corrected chi connectivity index (χ1v) is 4.34. The van der Waals surface area contributed by atoms with E-state index in [1.807, 2.05) is 29.0 Å². The molecule has 1 aromatic heterocycles. The fourth-order valence-corrected chi connectivity index (χ4v) is 1.29. The van der Waals surface area contributed by atoms with E-state index in [9.17, 15) is 0 Å². The van der Waals surface area contributed by atoms with Crippen LogP contribution >= 0.6 is 27.5 Å². The van der Waals surface area contributed by atoms with Crippen molar-refractivity contribution in [3.8, 4) is 0 Å². The van der Waals surface area contributed by atoms with Crippen LogP contribution in [0.2, 0.25) is 0 Å². The minimum absolute atomic E-state index is 0. The molecule has 0 radical (unpaired) electrons. The van der Waals surface area contributed by atoms with Gasteiger partial charge in [-0.05, 0) is 6.07 Å². The standard InChI is InChI=1S/C8H8BrClN.ClH/c1-7(10)6-11-5-3-2-4-8(11)9;/h2-5H,1,6H2;1H/q+1;/p-1. The predicted molar refractivity (Wildman–Crippen MR) is 49.3 cm³/mol. The van der Waals surface area contributed by atoms with Crippen molar-refractivity contribution in [2.45, 2.75) is 6.54 Å². The first kappa shape index (κ1) is 11.9. The highest BCUT2D eigenvalue weighted by Crippen LogP contribution is 2.03. The van der Waals surface area contributed by atoms with Crippen LogP contribution in [0.3, 0.4) is 0 Å². The van der Waals surface area contributed by atoms with Crippen molar-refractivity contribution < 1.29 is 17.0 Å². The Hall–Kier alpha value is -0.0500. The number of allylic oxidation sites excluding steroid dienone is 1. The van der Waals surface area contributed by atoms with Crippen LogP contribution in [0.1, 0.15) is 0 Å². The molecule has 0 saturated carbocycles. The van der Waals surface area contributed by atoms with Gasteiger partial charge >= 0.3 is 0 Å². The minimum atomic E-state index is 0. The maximum absolute atomic E-state index is 5.65. The third kappa shape index (κ3) is 3.57. The molecule has 0 amide bonds. The zero-order chi connectivity index (χ0) is 8.27. The van der Waals surface area contributed by atoms with Gasteiger partial charge in [-0.25, -0.2) is 0 Å². The van der Waals surface area contributed by atoms with E-state index < -0.39 is 0 Å². The highest BCUT2D eigenvalue weighted by Gasteiger charge is 2.05. The quantitative estimate of drug-likeness (QED) is 0.503. The normalized spacial score (nSPS) is 8.83. The molecule has 0 aliphatic rings. The first-order valence-electron chi connectivity index (χ1n) is 3.17. The molecule has 1 nitrogen and oxygen atoms in total. The van der Waals surface area contributed by atoms with Crippen molar-refractivity contribution in [1.82, 2.24) is 0 Å². The Balaban J connectivity index is 0.00000121. The van der Waals surface area contributed by atoms with E-state index in [0.29, 0.717) is 11.6 Å². The number of rotatable bonds is 2. The van der Waals surface area contributed by atoms with Crippen molar-refractivity contribution >= 4 is 27.5 Å². The second kappa shape index (κ2) is 5.57. The molecule has 4 heteroatoms. The van der Waals surface area contributed by atoms with E-state index in [0.717, 1.165) is 4.60 Å². The molecule has 1 aromatic rings. The number of aromatic nitrogens is 1. The average molecular weight is 269 g/mol. The van der Waals surface area contributed by atoms with Gasteiger partial charge in [0.15, 0.2) is 12.7 Å². The van der Waals surface area contributed by atoms with Crippen LogP contribution in [0.5, 0.6) is 0 Å². The van der Waals surface area contributed by atoms with Crippen LogP contribution in [0.25, 0.3) is 0 Å². The molecule has 0 saturated heterocycles. The Morgan fingerprint density at radius 2 is 2.25 bits per heavy atom. The molecule has 0 aliphatic heterocycles. The van der Waals surface area contributed by atoms with Crippen molar-refractivity contribution in [3.05, 3.63) is 40.6 Å². The monoisotopic (exact) mass is 267 g/mol. The lowest BCUT2D eigenvalue weighted by Gasteiger charge is -1.94. The molecule has 66 valence electrons. The highest BCUT2D eigenvalue weighted by molar-refractivity contribution is 9.10. The third-order valence-electron chi connectivity index (χ3n) is 1.23. The number of halogens is 3. The Kier molecular flexibility index (Phi) is 5.55. The second-order valence-electron chi connectivity index (χ2n) is 2.17. The van der Waals surface area contributed by atoms with Crippen molar-refractivity contribution in [3.63, 3.8) is 0 Å². The van der Waals surface area contributed by atoms with Gasteiger partial charge in [0.1, 0.15) is 0 Å². The number of nitrogens with zero attached hydrogens (tertiary/aromatic N) is 1. The van der Waals surface area contributed by atoms with Gasteiger partial charge in [0, 0.05) is 28.1 Å². The number of hydrogen-bond acceptors (Lipinski definition) is 0. The van der Waals surface area contributed by atoms with Crippen LogP contribution in [0, 0.1) is 0 Å². The van der Waals surface area contributed by atoms with Gasteiger partial charge < -0.3 is 12.4 Å². The average Bonchev–Trinajstić information content (AvgIpc) is 1.93. The third-order valence-corrected chi connectivity index (χ3v) is 2.07. The first-order chi connectivity index (χ1) is 5.20. The molecule has 0 aliphatic carbocycles. The molecule has 0 fully saturated rings. The summed E-state index contributed by atoms with van der Waals surface area (Å²) in [5.41, 5.74) is 0. The number of pyridine rings is 1. The molecule has 0 bridgehead atoms. The second-order valence-corrected chi connectivity index (χ2v) is 3.52. The molecule has 1 rings (SSSR count). The van der Waals surface area contributed by atoms with Gasteiger partial charge in [-0.3, -0.25) is 0 Å². The molecule has 0 spiro atoms. The van der Waals surface area contributed by atoms with E-state index in [1.54, 1.807) is 0 Å². The molecule has 0 N–H and O–H groups in total. The Morgan fingerprint density at radius 1 is 1.58 bits per heavy atom. The molecular weight excluding hydrogens is 261 g/mol. The van der Waals surface area contributed by atoms with E-state index in [1.165, 1.54) is 0 Å². The highest BCUT2D eigenvalue weighted by atomic mass is 79.9. The molecule has 0 atom stereocenters. The van der Waals surface area contributed by atoms with Gasteiger partial charge in [-0.2, -0.15) is 4.57 Å². The van der Waals surface area contributed by atoms with Crippen LogP contribution in [-0.4, -0.2) is 0 Å². The fourth-order valence-electron chi connectivity index (χ4n) is 0.769. The summed E-state index contributed by atoms with van der Waals surface area (Å²) in [4.78, 5) is 0. The zero-order valence-corrected chi connectivity index (χ0v) is 9.40. The van der Waals surface area contributed by atoms with Crippen LogP contribution in [0.15, 0.2) is 40.6 Å². The fraction of sp³-hybridized carbons (Fsp3) is 0.125. The van der Waals surface area contributed by atoms with Crippen LogP contribution < -0.4 is 17.0 Å². The summed E-state index contributed by atoms with van der Waals surface area (Å²) in [5.74, 6) is 0. The summed E-state index contributed by atoms with van der Waals surface area (Å²) in [6, 6.07) is 5.86. The Bertz CT molecular complexity index is 276. The van der Waals surface area contributed by atoms with Crippen LogP contribution in [0.4, 0.5) is 0 Å². The summed E-state index contributed by atoms with van der Waals surface area (Å²) >= 11 is 9.04. The van der Waals surface area contributed by atoms with Crippen molar-refractivity contribution in [1.29, 1.82) is 0 Å².